The molecule has 0 fully saturated rings. The highest BCUT2D eigenvalue weighted by molar-refractivity contribution is 6.04. The molecule has 0 saturated carbocycles. The van der Waals surface area contributed by atoms with E-state index in [1.165, 1.54) is 0 Å². The van der Waals surface area contributed by atoms with Crippen LogP contribution in [0.5, 0.6) is 0 Å². The van der Waals surface area contributed by atoms with Gasteiger partial charge in [-0.15, -0.1) is 0 Å². The number of carbonyl (C=O) groups is 1. The molecule has 26 heavy (non-hydrogen) atoms. The third-order valence-electron chi connectivity index (χ3n) is 4.32. The van der Waals surface area contributed by atoms with E-state index in [0.717, 1.165) is 28.2 Å². The molecule has 0 aliphatic rings. The molecule has 2 aromatic heterocycles. The van der Waals surface area contributed by atoms with E-state index in [4.69, 9.17) is 0 Å². The minimum absolute atomic E-state index is 0.126. The van der Waals surface area contributed by atoms with Crippen LogP contribution in [0.25, 0.3) is 17.0 Å². The van der Waals surface area contributed by atoms with E-state index in [9.17, 15) is 4.79 Å². The van der Waals surface area contributed by atoms with Gasteiger partial charge in [-0.05, 0) is 44.2 Å². The molecule has 0 aliphatic carbocycles. The zero-order chi connectivity index (χ0) is 18.1. The number of aryl methyl sites for hydroxylation is 2. The number of amides is 1. The predicted octanol–water partition coefficient (Wildman–Crippen LogP) is 4.27. The van der Waals surface area contributed by atoms with Gasteiger partial charge in [-0.25, -0.2) is 9.97 Å². The quantitative estimate of drug-likeness (QED) is 0.605. The van der Waals surface area contributed by atoms with Crippen molar-refractivity contribution < 1.29 is 4.79 Å². The van der Waals surface area contributed by atoms with Crippen LogP contribution in [-0.2, 0) is 0 Å². The van der Waals surface area contributed by atoms with E-state index in [2.05, 4.69) is 15.3 Å². The fourth-order valence-electron chi connectivity index (χ4n) is 3.01. The second-order valence-electron chi connectivity index (χ2n) is 6.24. The summed E-state index contributed by atoms with van der Waals surface area (Å²) in [6.45, 7) is 3.98. The van der Waals surface area contributed by atoms with Crippen LogP contribution >= 0.6 is 0 Å². The molecule has 0 spiro atoms. The number of hydrogen-bond acceptors (Lipinski definition) is 3. The van der Waals surface area contributed by atoms with Crippen LogP contribution in [0.3, 0.4) is 0 Å². The lowest BCUT2D eigenvalue weighted by atomic mass is 10.1. The Bertz CT molecular complexity index is 1110. The maximum Gasteiger partial charge on any atom is 0.255 e. The molecule has 4 aromatic rings. The molecule has 1 amide bonds. The number of carbonyl (C=O) groups excluding carboxylic acids is 1. The van der Waals surface area contributed by atoms with Crippen LogP contribution in [0.1, 0.15) is 21.6 Å². The third-order valence-corrected chi connectivity index (χ3v) is 4.32. The number of imidazole rings is 1. The number of rotatable bonds is 3. The van der Waals surface area contributed by atoms with E-state index < -0.39 is 0 Å². The summed E-state index contributed by atoms with van der Waals surface area (Å²) in [7, 11) is 0. The summed E-state index contributed by atoms with van der Waals surface area (Å²) in [5.74, 6) is 0.536. The highest BCUT2D eigenvalue weighted by atomic mass is 16.1. The van der Waals surface area contributed by atoms with E-state index in [1.54, 1.807) is 6.20 Å². The van der Waals surface area contributed by atoms with Crippen molar-refractivity contribution in [3.8, 4) is 11.3 Å². The fraction of sp³-hybridized carbons (Fsp3) is 0.0952. The summed E-state index contributed by atoms with van der Waals surface area (Å²) in [6.07, 6.45) is 3.67. The number of fused-ring (bicyclic) bond motifs is 1. The van der Waals surface area contributed by atoms with Crippen molar-refractivity contribution >= 4 is 17.4 Å². The Balaban J connectivity index is 1.66. The van der Waals surface area contributed by atoms with Gasteiger partial charge in [0.05, 0.1) is 5.69 Å². The summed E-state index contributed by atoms with van der Waals surface area (Å²) in [5, 5.41) is 2.96. The maximum atomic E-state index is 12.5. The number of nitrogens with zero attached hydrogens (tertiary/aromatic N) is 3. The first kappa shape index (κ1) is 16.0. The lowest BCUT2D eigenvalue weighted by Crippen LogP contribution is -2.11. The number of anilines is 1. The molecular weight excluding hydrogens is 324 g/mol. The van der Waals surface area contributed by atoms with Gasteiger partial charge >= 0.3 is 0 Å². The lowest BCUT2D eigenvalue weighted by molar-refractivity contribution is 0.102. The highest BCUT2D eigenvalue weighted by Crippen LogP contribution is 2.25. The molecule has 2 aromatic carbocycles. The molecule has 0 unspecified atom stereocenters. The van der Waals surface area contributed by atoms with E-state index in [-0.39, 0.29) is 5.91 Å². The van der Waals surface area contributed by atoms with Crippen LogP contribution in [0, 0.1) is 13.8 Å². The van der Waals surface area contributed by atoms with Crippen LogP contribution in [-0.4, -0.2) is 20.3 Å². The van der Waals surface area contributed by atoms with E-state index in [0.29, 0.717) is 11.3 Å². The van der Waals surface area contributed by atoms with Gasteiger partial charge in [-0.2, -0.15) is 0 Å². The minimum Gasteiger partial charge on any atom is -0.322 e. The van der Waals surface area contributed by atoms with Gasteiger partial charge in [0.15, 0.2) is 0 Å². The van der Waals surface area contributed by atoms with Gasteiger partial charge in [0.2, 0.25) is 5.78 Å². The molecule has 2 heterocycles. The Morgan fingerprint density at radius 2 is 1.88 bits per heavy atom. The summed E-state index contributed by atoms with van der Waals surface area (Å²) >= 11 is 0. The Kier molecular flexibility index (Phi) is 3.97. The summed E-state index contributed by atoms with van der Waals surface area (Å²) in [5.41, 5.74) is 5.24. The molecule has 0 atom stereocenters. The molecule has 128 valence electrons. The molecule has 5 heteroatoms. The van der Waals surface area contributed by atoms with Crippen molar-refractivity contribution in [2.75, 3.05) is 5.32 Å². The molecule has 5 nitrogen and oxygen atoms in total. The van der Waals surface area contributed by atoms with Crippen molar-refractivity contribution in [3.05, 3.63) is 83.8 Å². The molecule has 4 rings (SSSR count). The van der Waals surface area contributed by atoms with E-state index in [1.807, 2.05) is 79.0 Å². The number of hydrogen-bond donors (Lipinski definition) is 1. The number of nitrogens with one attached hydrogen (secondary N) is 1. The van der Waals surface area contributed by atoms with Gasteiger partial charge in [0.25, 0.3) is 5.91 Å². The van der Waals surface area contributed by atoms with Crippen LogP contribution in [0.4, 0.5) is 5.69 Å². The van der Waals surface area contributed by atoms with Crippen molar-refractivity contribution in [2.45, 2.75) is 13.8 Å². The second kappa shape index (κ2) is 6.44. The lowest BCUT2D eigenvalue weighted by Gasteiger charge is -2.08. The Labute approximate surface area is 151 Å². The Morgan fingerprint density at radius 1 is 1.04 bits per heavy atom. The first-order chi connectivity index (χ1) is 12.6. The minimum atomic E-state index is -0.126. The van der Waals surface area contributed by atoms with Crippen LogP contribution in [0.2, 0.25) is 0 Å². The summed E-state index contributed by atoms with van der Waals surface area (Å²) in [6, 6.07) is 17.1. The Morgan fingerprint density at radius 3 is 2.69 bits per heavy atom. The van der Waals surface area contributed by atoms with Gasteiger partial charge in [0, 0.05) is 34.9 Å². The molecule has 1 N–H and O–H groups in total. The van der Waals surface area contributed by atoms with Crippen molar-refractivity contribution in [1.82, 2.24) is 14.4 Å². The highest BCUT2D eigenvalue weighted by Gasteiger charge is 2.12. The van der Waals surface area contributed by atoms with Gasteiger partial charge in [-0.3, -0.25) is 9.20 Å². The third kappa shape index (κ3) is 2.95. The smallest absolute Gasteiger partial charge is 0.255 e. The molecular formula is C21H18N4O. The monoisotopic (exact) mass is 342 g/mol. The number of benzene rings is 2. The largest absolute Gasteiger partial charge is 0.322 e. The predicted molar refractivity (Wildman–Crippen MR) is 102 cm³/mol. The first-order valence-corrected chi connectivity index (χ1v) is 8.40. The average Bonchev–Trinajstić information content (AvgIpc) is 2.99. The summed E-state index contributed by atoms with van der Waals surface area (Å²) in [4.78, 5) is 21.4. The SMILES string of the molecule is Cc1cccc(C(=O)Nc2cccc(-c3nc4ncccn4c3C)c2)c1. The zero-order valence-electron chi connectivity index (χ0n) is 14.6. The first-order valence-electron chi connectivity index (χ1n) is 8.40. The van der Waals surface area contributed by atoms with Crippen LogP contribution < -0.4 is 5.32 Å². The molecule has 0 aliphatic heterocycles. The number of aromatic nitrogens is 3. The average molecular weight is 342 g/mol. The molecule has 0 saturated heterocycles. The van der Waals surface area contributed by atoms with E-state index >= 15 is 0 Å². The normalized spacial score (nSPS) is 10.8. The maximum absolute atomic E-state index is 12.5. The van der Waals surface area contributed by atoms with Crippen molar-refractivity contribution in [1.29, 1.82) is 0 Å². The summed E-state index contributed by atoms with van der Waals surface area (Å²) < 4.78 is 1.95. The fourth-order valence-corrected chi connectivity index (χ4v) is 3.01. The topological polar surface area (TPSA) is 59.3 Å². The second-order valence-corrected chi connectivity index (χ2v) is 6.24. The van der Waals surface area contributed by atoms with Crippen LogP contribution in [0.15, 0.2) is 67.0 Å². The molecule has 0 bridgehead atoms. The van der Waals surface area contributed by atoms with Crippen molar-refractivity contribution in [2.24, 2.45) is 0 Å². The molecule has 0 radical (unpaired) electrons. The van der Waals surface area contributed by atoms with Gasteiger partial charge in [-0.1, -0.05) is 29.8 Å². The van der Waals surface area contributed by atoms with Gasteiger partial charge in [0.1, 0.15) is 0 Å². The van der Waals surface area contributed by atoms with Crippen molar-refractivity contribution in [3.63, 3.8) is 0 Å². The standard InChI is InChI=1S/C21H18N4O/c1-14-6-3-8-17(12-14)20(26)23-18-9-4-7-16(13-18)19-15(2)25-11-5-10-22-21(25)24-19/h3-13H,1-2H3,(H,23,26). The zero-order valence-corrected chi connectivity index (χ0v) is 14.6. The van der Waals surface area contributed by atoms with Gasteiger partial charge < -0.3 is 5.32 Å². The Hall–Kier alpha value is -3.47.